The number of anilines is 1. The number of benzene rings is 3. The molecule has 0 radical (unpaired) electrons. The van der Waals surface area contributed by atoms with Crippen molar-refractivity contribution in [2.45, 2.75) is 37.8 Å². The molecule has 11 nitrogen and oxygen atoms in total. The Morgan fingerprint density at radius 2 is 1.50 bits per heavy atom. The number of hydrogen-bond acceptors (Lipinski definition) is 8. The van der Waals surface area contributed by atoms with E-state index in [0.29, 0.717) is 35.1 Å². The highest BCUT2D eigenvalue weighted by molar-refractivity contribution is 7.92. The van der Waals surface area contributed by atoms with Crippen LogP contribution in [0.2, 0.25) is 5.02 Å². The quantitative estimate of drug-likeness (QED) is 0.256. The summed E-state index contributed by atoms with van der Waals surface area (Å²) in [6, 6.07) is 14.6. The van der Waals surface area contributed by atoms with Gasteiger partial charge < -0.3 is 29.2 Å². The standard InChI is InChI=1S/C31H38ClN3O8S/c1-7-16-33-31(37)21(2)34(19-22-8-10-23(32)11-9-22)30(36)20-35(26-17-24(40-3)12-14-27(26)41-4)44(38,39)25-13-15-28(42-5)29(18-25)43-6/h8-15,17-18,21H,7,16,19-20H2,1-6H3,(H,33,37)/t21-/m1/s1. The van der Waals surface area contributed by atoms with Crippen LogP contribution in [0.4, 0.5) is 5.69 Å². The summed E-state index contributed by atoms with van der Waals surface area (Å²) in [4.78, 5) is 28.4. The van der Waals surface area contributed by atoms with Crippen molar-refractivity contribution in [1.29, 1.82) is 0 Å². The molecule has 238 valence electrons. The van der Waals surface area contributed by atoms with Gasteiger partial charge in [-0.2, -0.15) is 0 Å². The van der Waals surface area contributed by atoms with Crippen molar-refractivity contribution in [3.63, 3.8) is 0 Å². The molecule has 0 heterocycles. The second kappa shape index (κ2) is 15.5. The van der Waals surface area contributed by atoms with E-state index in [1.54, 1.807) is 43.3 Å². The van der Waals surface area contributed by atoms with Gasteiger partial charge in [0.1, 0.15) is 24.1 Å². The van der Waals surface area contributed by atoms with E-state index in [1.165, 1.54) is 57.6 Å². The maximum Gasteiger partial charge on any atom is 0.265 e. The fourth-order valence-corrected chi connectivity index (χ4v) is 5.93. The minimum atomic E-state index is -4.44. The summed E-state index contributed by atoms with van der Waals surface area (Å²) in [5, 5.41) is 3.32. The third kappa shape index (κ3) is 8.06. The summed E-state index contributed by atoms with van der Waals surface area (Å²) in [5.74, 6) is 0.0271. The van der Waals surface area contributed by atoms with E-state index in [1.807, 2.05) is 6.92 Å². The fraction of sp³-hybridized carbons (Fsp3) is 0.355. The van der Waals surface area contributed by atoms with Crippen molar-refractivity contribution in [3.05, 3.63) is 71.2 Å². The first-order valence-corrected chi connectivity index (χ1v) is 15.6. The SMILES string of the molecule is CCCNC(=O)[C@@H](C)N(Cc1ccc(Cl)cc1)C(=O)CN(c1cc(OC)ccc1OC)S(=O)(=O)c1ccc(OC)c(OC)c1. The van der Waals surface area contributed by atoms with E-state index >= 15 is 0 Å². The van der Waals surface area contributed by atoms with Gasteiger partial charge in [0.05, 0.1) is 39.0 Å². The number of carbonyl (C=O) groups is 2. The first-order valence-electron chi connectivity index (χ1n) is 13.8. The largest absolute Gasteiger partial charge is 0.497 e. The molecule has 13 heteroatoms. The number of amides is 2. The van der Waals surface area contributed by atoms with Crippen LogP contribution in [0.1, 0.15) is 25.8 Å². The Labute approximate surface area is 263 Å². The average molecular weight is 648 g/mol. The van der Waals surface area contributed by atoms with Crippen molar-refractivity contribution in [2.75, 3.05) is 45.8 Å². The molecule has 0 bridgehead atoms. The van der Waals surface area contributed by atoms with E-state index in [4.69, 9.17) is 30.5 Å². The van der Waals surface area contributed by atoms with Crippen LogP contribution < -0.4 is 28.6 Å². The Balaban J connectivity index is 2.15. The van der Waals surface area contributed by atoms with Gasteiger partial charge in [-0.3, -0.25) is 13.9 Å². The van der Waals surface area contributed by atoms with Gasteiger partial charge in [-0.05, 0) is 55.3 Å². The minimum Gasteiger partial charge on any atom is -0.497 e. The normalized spacial score (nSPS) is 11.7. The zero-order valence-corrected chi connectivity index (χ0v) is 27.2. The van der Waals surface area contributed by atoms with Gasteiger partial charge in [0.15, 0.2) is 11.5 Å². The number of nitrogens with zero attached hydrogens (tertiary/aromatic N) is 2. The number of carbonyl (C=O) groups excluding carboxylic acids is 2. The molecule has 0 aromatic heterocycles. The molecule has 1 atom stereocenters. The van der Waals surface area contributed by atoms with E-state index in [2.05, 4.69) is 5.32 Å². The average Bonchev–Trinajstić information content (AvgIpc) is 3.04. The molecule has 0 saturated heterocycles. The van der Waals surface area contributed by atoms with Gasteiger partial charge in [-0.25, -0.2) is 8.42 Å². The van der Waals surface area contributed by atoms with E-state index < -0.39 is 28.5 Å². The molecule has 1 N–H and O–H groups in total. The number of sulfonamides is 1. The van der Waals surface area contributed by atoms with Crippen LogP contribution in [0.25, 0.3) is 0 Å². The number of nitrogens with one attached hydrogen (secondary N) is 1. The van der Waals surface area contributed by atoms with Gasteiger partial charge in [0, 0.05) is 30.2 Å². The molecule has 3 aromatic rings. The van der Waals surface area contributed by atoms with Gasteiger partial charge in [-0.15, -0.1) is 0 Å². The summed E-state index contributed by atoms with van der Waals surface area (Å²) in [5.41, 5.74) is 0.760. The Kier molecular flexibility index (Phi) is 12.1. The van der Waals surface area contributed by atoms with Crippen molar-refractivity contribution in [2.24, 2.45) is 0 Å². The lowest BCUT2D eigenvalue weighted by molar-refractivity contribution is -0.139. The van der Waals surface area contributed by atoms with Crippen LogP contribution in [-0.2, 0) is 26.2 Å². The third-order valence-electron chi connectivity index (χ3n) is 6.86. The second-order valence-electron chi connectivity index (χ2n) is 9.68. The van der Waals surface area contributed by atoms with Crippen molar-refractivity contribution in [1.82, 2.24) is 10.2 Å². The zero-order valence-electron chi connectivity index (χ0n) is 25.6. The zero-order chi connectivity index (χ0) is 32.4. The van der Waals surface area contributed by atoms with Gasteiger partial charge in [0.2, 0.25) is 11.8 Å². The second-order valence-corrected chi connectivity index (χ2v) is 12.0. The molecule has 0 fully saturated rings. The van der Waals surface area contributed by atoms with Crippen molar-refractivity contribution >= 4 is 39.1 Å². The van der Waals surface area contributed by atoms with Crippen molar-refractivity contribution in [3.8, 4) is 23.0 Å². The highest BCUT2D eigenvalue weighted by Crippen LogP contribution is 2.37. The Bertz CT molecular complexity index is 1550. The lowest BCUT2D eigenvalue weighted by atomic mass is 10.1. The lowest BCUT2D eigenvalue weighted by Gasteiger charge is -2.32. The molecule has 3 aromatic carbocycles. The Morgan fingerprint density at radius 3 is 2.09 bits per heavy atom. The summed E-state index contributed by atoms with van der Waals surface area (Å²) >= 11 is 6.06. The maximum absolute atomic E-state index is 14.3. The molecule has 44 heavy (non-hydrogen) atoms. The summed E-state index contributed by atoms with van der Waals surface area (Å²) in [7, 11) is 1.21. The van der Waals surface area contributed by atoms with Gasteiger partial charge >= 0.3 is 0 Å². The molecule has 0 aliphatic carbocycles. The molecule has 0 unspecified atom stereocenters. The fourth-order valence-electron chi connectivity index (χ4n) is 4.37. The minimum absolute atomic E-state index is 0.0240. The number of ether oxygens (including phenoxy) is 4. The number of halogens is 1. The summed E-state index contributed by atoms with van der Waals surface area (Å²) in [6.45, 7) is 3.29. The molecule has 0 spiro atoms. The van der Waals surface area contributed by atoms with E-state index in [9.17, 15) is 18.0 Å². The highest BCUT2D eigenvalue weighted by Gasteiger charge is 2.34. The Hall–Kier alpha value is -4.16. The number of methoxy groups -OCH3 is 4. The first-order chi connectivity index (χ1) is 21.0. The van der Waals surface area contributed by atoms with Gasteiger partial charge in [-0.1, -0.05) is 30.7 Å². The Morgan fingerprint density at radius 1 is 0.864 bits per heavy atom. The van der Waals surface area contributed by atoms with Crippen LogP contribution >= 0.6 is 11.6 Å². The van der Waals surface area contributed by atoms with Crippen LogP contribution in [-0.4, -0.2) is 72.7 Å². The van der Waals surface area contributed by atoms with Crippen LogP contribution in [0.5, 0.6) is 23.0 Å². The monoisotopic (exact) mass is 647 g/mol. The smallest absolute Gasteiger partial charge is 0.265 e. The third-order valence-corrected chi connectivity index (χ3v) is 8.87. The maximum atomic E-state index is 14.3. The van der Waals surface area contributed by atoms with Crippen molar-refractivity contribution < 1.29 is 37.0 Å². The number of hydrogen-bond donors (Lipinski definition) is 1. The molecule has 0 saturated carbocycles. The molecule has 0 aliphatic heterocycles. The molecule has 2 amide bonds. The molecule has 3 rings (SSSR count). The van der Waals surface area contributed by atoms with Gasteiger partial charge in [0.25, 0.3) is 10.0 Å². The predicted molar refractivity (Wildman–Crippen MR) is 168 cm³/mol. The highest BCUT2D eigenvalue weighted by atomic mass is 35.5. The molecular formula is C31H38ClN3O8S. The predicted octanol–water partition coefficient (Wildman–Crippen LogP) is 4.51. The van der Waals surface area contributed by atoms with Crippen LogP contribution in [0.3, 0.4) is 0 Å². The molecular weight excluding hydrogens is 610 g/mol. The summed E-state index contributed by atoms with van der Waals surface area (Å²) in [6.07, 6.45) is 0.705. The van der Waals surface area contributed by atoms with Crippen LogP contribution in [0.15, 0.2) is 65.6 Å². The van der Waals surface area contributed by atoms with E-state index in [-0.39, 0.29) is 34.5 Å². The van der Waals surface area contributed by atoms with E-state index in [0.717, 1.165) is 4.31 Å². The van der Waals surface area contributed by atoms with Crippen LogP contribution in [0, 0.1) is 0 Å². The summed E-state index contributed by atoms with van der Waals surface area (Å²) < 4.78 is 51.1. The topological polar surface area (TPSA) is 124 Å². The molecule has 0 aliphatic rings. The lowest BCUT2D eigenvalue weighted by Crippen LogP contribution is -2.51. The first kappa shape index (κ1) is 34.3. The number of rotatable bonds is 15.